The maximum absolute atomic E-state index is 12.0. The van der Waals surface area contributed by atoms with E-state index in [-0.39, 0.29) is 17.8 Å². The SMILES string of the molecule is CCOC(=O)C(c1nc(-c2ccnc(C)n2)no1)C(C)C. The minimum absolute atomic E-state index is 0.00974. The fourth-order valence-electron chi connectivity index (χ4n) is 1.94. The summed E-state index contributed by atoms with van der Waals surface area (Å²) in [6.45, 7) is 7.66. The van der Waals surface area contributed by atoms with Crippen LogP contribution >= 0.6 is 0 Å². The van der Waals surface area contributed by atoms with Crippen molar-refractivity contribution in [2.24, 2.45) is 5.92 Å². The van der Waals surface area contributed by atoms with Crippen LogP contribution in [0.5, 0.6) is 0 Å². The first-order valence-electron chi connectivity index (χ1n) is 6.83. The molecule has 2 aromatic rings. The second-order valence-electron chi connectivity index (χ2n) is 4.92. The van der Waals surface area contributed by atoms with Gasteiger partial charge in [-0.2, -0.15) is 4.98 Å². The van der Waals surface area contributed by atoms with Crippen molar-refractivity contribution in [2.45, 2.75) is 33.6 Å². The molecule has 0 aliphatic heterocycles. The van der Waals surface area contributed by atoms with Crippen molar-refractivity contribution in [1.29, 1.82) is 0 Å². The molecule has 0 aliphatic carbocycles. The lowest BCUT2D eigenvalue weighted by Gasteiger charge is -2.14. The summed E-state index contributed by atoms with van der Waals surface area (Å²) < 4.78 is 10.3. The van der Waals surface area contributed by atoms with Crippen molar-refractivity contribution in [3.63, 3.8) is 0 Å². The molecule has 0 fully saturated rings. The Labute approximate surface area is 122 Å². The van der Waals surface area contributed by atoms with Crippen LogP contribution < -0.4 is 0 Å². The van der Waals surface area contributed by atoms with E-state index in [2.05, 4.69) is 20.1 Å². The highest BCUT2D eigenvalue weighted by molar-refractivity contribution is 5.77. The summed E-state index contributed by atoms with van der Waals surface area (Å²) in [7, 11) is 0. The van der Waals surface area contributed by atoms with Crippen molar-refractivity contribution >= 4 is 5.97 Å². The van der Waals surface area contributed by atoms with Gasteiger partial charge in [-0.15, -0.1) is 0 Å². The summed E-state index contributed by atoms with van der Waals surface area (Å²) in [5, 5.41) is 3.89. The number of ether oxygens (including phenoxy) is 1. The molecule has 0 bridgehead atoms. The molecule has 2 aromatic heterocycles. The molecule has 2 heterocycles. The maximum atomic E-state index is 12.0. The molecule has 1 atom stereocenters. The van der Waals surface area contributed by atoms with Gasteiger partial charge in [0.2, 0.25) is 11.7 Å². The lowest BCUT2D eigenvalue weighted by molar-refractivity contribution is -0.146. The van der Waals surface area contributed by atoms with Crippen LogP contribution in [0.3, 0.4) is 0 Å². The van der Waals surface area contributed by atoms with Crippen molar-refractivity contribution in [3.05, 3.63) is 24.0 Å². The van der Waals surface area contributed by atoms with Crippen molar-refractivity contribution in [3.8, 4) is 11.5 Å². The van der Waals surface area contributed by atoms with Crippen molar-refractivity contribution in [1.82, 2.24) is 20.1 Å². The number of hydrogen-bond donors (Lipinski definition) is 0. The lowest BCUT2D eigenvalue weighted by atomic mass is 9.96. The van der Waals surface area contributed by atoms with E-state index >= 15 is 0 Å². The number of carbonyl (C=O) groups excluding carboxylic acids is 1. The van der Waals surface area contributed by atoms with Crippen LogP contribution in [-0.4, -0.2) is 32.7 Å². The number of nitrogens with zero attached hydrogens (tertiary/aromatic N) is 4. The normalized spacial score (nSPS) is 12.4. The lowest BCUT2D eigenvalue weighted by Crippen LogP contribution is -2.21. The summed E-state index contributed by atoms with van der Waals surface area (Å²) in [5.74, 6) is 0.255. The van der Waals surface area contributed by atoms with Gasteiger partial charge >= 0.3 is 5.97 Å². The van der Waals surface area contributed by atoms with Crippen LogP contribution in [0.4, 0.5) is 0 Å². The minimum Gasteiger partial charge on any atom is -0.465 e. The van der Waals surface area contributed by atoms with Crippen molar-refractivity contribution < 1.29 is 14.1 Å². The summed E-state index contributed by atoms with van der Waals surface area (Å²) in [5.41, 5.74) is 0.559. The Bertz CT molecular complexity index is 624. The highest BCUT2D eigenvalue weighted by atomic mass is 16.5. The standard InChI is InChI=1S/C14H18N4O3/c1-5-20-14(19)11(8(2)3)13-17-12(18-21-13)10-6-7-15-9(4)16-10/h6-8,11H,5H2,1-4H3. The summed E-state index contributed by atoms with van der Waals surface area (Å²) in [6, 6.07) is 1.69. The van der Waals surface area contributed by atoms with E-state index in [1.165, 1.54) is 0 Å². The second kappa shape index (κ2) is 6.43. The molecule has 21 heavy (non-hydrogen) atoms. The summed E-state index contributed by atoms with van der Waals surface area (Å²) >= 11 is 0. The molecule has 112 valence electrons. The van der Waals surface area contributed by atoms with Gasteiger partial charge in [-0.3, -0.25) is 4.79 Å². The van der Waals surface area contributed by atoms with Gasteiger partial charge in [-0.25, -0.2) is 9.97 Å². The number of aryl methyl sites for hydroxylation is 1. The van der Waals surface area contributed by atoms with E-state index in [1.807, 2.05) is 13.8 Å². The van der Waals surface area contributed by atoms with Crippen LogP contribution in [0.25, 0.3) is 11.5 Å². The third-order valence-corrected chi connectivity index (χ3v) is 2.92. The first-order chi connectivity index (χ1) is 10.0. The van der Waals surface area contributed by atoms with Crippen LogP contribution in [0.2, 0.25) is 0 Å². The average Bonchev–Trinajstić information content (AvgIpc) is 2.88. The summed E-state index contributed by atoms with van der Waals surface area (Å²) in [4.78, 5) is 24.5. The molecule has 0 saturated carbocycles. The molecule has 0 amide bonds. The van der Waals surface area contributed by atoms with Crippen LogP contribution in [0.15, 0.2) is 16.8 Å². The Morgan fingerprint density at radius 3 is 2.76 bits per heavy atom. The largest absolute Gasteiger partial charge is 0.465 e. The van der Waals surface area contributed by atoms with Gasteiger partial charge in [-0.1, -0.05) is 19.0 Å². The molecule has 0 aromatic carbocycles. The average molecular weight is 290 g/mol. The molecular weight excluding hydrogens is 272 g/mol. The Balaban J connectivity index is 2.30. The number of aromatic nitrogens is 4. The predicted molar refractivity (Wildman–Crippen MR) is 74.3 cm³/mol. The zero-order valence-corrected chi connectivity index (χ0v) is 12.5. The van der Waals surface area contributed by atoms with Crippen LogP contribution in [-0.2, 0) is 9.53 Å². The monoisotopic (exact) mass is 290 g/mol. The summed E-state index contributed by atoms with van der Waals surface area (Å²) in [6.07, 6.45) is 1.62. The Hall–Kier alpha value is -2.31. The molecule has 0 N–H and O–H groups in total. The fourth-order valence-corrected chi connectivity index (χ4v) is 1.94. The van der Waals surface area contributed by atoms with Crippen LogP contribution in [0.1, 0.15) is 38.4 Å². The molecule has 7 nitrogen and oxygen atoms in total. The predicted octanol–water partition coefficient (Wildman–Crippen LogP) is 2.14. The molecule has 1 unspecified atom stereocenters. The molecular formula is C14H18N4O3. The van der Waals surface area contributed by atoms with Gasteiger partial charge in [0, 0.05) is 6.20 Å². The topological polar surface area (TPSA) is 91.0 Å². The molecule has 0 radical (unpaired) electrons. The second-order valence-corrected chi connectivity index (χ2v) is 4.92. The van der Waals surface area contributed by atoms with Crippen LogP contribution in [0, 0.1) is 12.8 Å². The smallest absolute Gasteiger partial charge is 0.318 e. The zero-order valence-electron chi connectivity index (χ0n) is 12.5. The van der Waals surface area contributed by atoms with E-state index in [0.717, 1.165) is 0 Å². The molecule has 0 saturated heterocycles. The van der Waals surface area contributed by atoms with E-state index < -0.39 is 5.92 Å². The molecule has 0 aliphatic rings. The third-order valence-electron chi connectivity index (χ3n) is 2.92. The van der Waals surface area contributed by atoms with Gasteiger partial charge in [0.1, 0.15) is 17.4 Å². The maximum Gasteiger partial charge on any atom is 0.318 e. The zero-order chi connectivity index (χ0) is 15.4. The molecule has 2 rings (SSSR count). The molecule has 7 heteroatoms. The minimum atomic E-state index is -0.575. The van der Waals surface area contributed by atoms with E-state index in [0.29, 0.717) is 23.9 Å². The number of rotatable bonds is 5. The van der Waals surface area contributed by atoms with Gasteiger partial charge in [0.25, 0.3) is 0 Å². The molecule has 0 spiro atoms. The first kappa shape index (κ1) is 15.1. The third kappa shape index (κ3) is 3.42. The highest BCUT2D eigenvalue weighted by Gasteiger charge is 2.31. The van der Waals surface area contributed by atoms with Crippen molar-refractivity contribution in [2.75, 3.05) is 6.61 Å². The van der Waals surface area contributed by atoms with E-state index in [9.17, 15) is 4.79 Å². The Morgan fingerprint density at radius 2 is 2.14 bits per heavy atom. The number of hydrogen-bond acceptors (Lipinski definition) is 7. The highest BCUT2D eigenvalue weighted by Crippen LogP contribution is 2.26. The Morgan fingerprint density at radius 1 is 1.38 bits per heavy atom. The number of esters is 1. The van der Waals surface area contributed by atoms with Gasteiger partial charge < -0.3 is 9.26 Å². The van der Waals surface area contributed by atoms with Gasteiger partial charge in [0.15, 0.2) is 0 Å². The van der Waals surface area contributed by atoms with E-state index in [4.69, 9.17) is 9.26 Å². The Kier molecular flexibility index (Phi) is 4.62. The first-order valence-corrected chi connectivity index (χ1v) is 6.83. The van der Waals surface area contributed by atoms with E-state index in [1.54, 1.807) is 26.1 Å². The quantitative estimate of drug-likeness (QED) is 0.779. The van der Waals surface area contributed by atoms with Gasteiger partial charge in [0.05, 0.1) is 6.61 Å². The number of carbonyl (C=O) groups is 1. The van der Waals surface area contributed by atoms with Gasteiger partial charge in [-0.05, 0) is 25.8 Å². The fraction of sp³-hybridized carbons (Fsp3) is 0.500.